The van der Waals surface area contributed by atoms with Crippen molar-refractivity contribution in [3.05, 3.63) is 22.6 Å². The molecule has 1 aromatic heterocycles. The minimum absolute atomic E-state index is 0.0205. The Morgan fingerprint density at radius 1 is 1.52 bits per heavy atom. The summed E-state index contributed by atoms with van der Waals surface area (Å²) in [5.41, 5.74) is 0.685. The van der Waals surface area contributed by atoms with Gasteiger partial charge in [-0.2, -0.15) is 5.10 Å². The molecule has 2 heterocycles. The summed E-state index contributed by atoms with van der Waals surface area (Å²) >= 11 is 0. The predicted molar refractivity (Wildman–Crippen MR) is 87.7 cm³/mol. The van der Waals surface area contributed by atoms with Crippen molar-refractivity contribution in [2.45, 2.75) is 32.4 Å². The molecule has 1 aliphatic rings. The zero-order valence-corrected chi connectivity index (χ0v) is 13.9. The maximum Gasteiger partial charge on any atom is 0.314 e. The number of aryl methyl sites for hydroxylation is 1. The van der Waals surface area contributed by atoms with Crippen molar-refractivity contribution >= 4 is 11.7 Å². The number of carbonyl (C=O) groups excluding carboxylic acids is 1. The number of nitrogens with one attached hydrogen (secondary N) is 2. The van der Waals surface area contributed by atoms with E-state index < -0.39 is 0 Å². The molecule has 128 valence electrons. The van der Waals surface area contributed by atoms with E-state index in [9.17, 15) is 9.59 Å². The van der Waals surface area contributed by atoms with E-state index in [1.165, 1.54) is 4.68 Å². The Bertz CT molecular complexity index is 587. The van der Waals surface area contributed by atoms with Crippen molar-refractivity contribution in [3.63, 3.8) is 0 Å². The molecule has 23 heavy (non-hydrogen) atoms. The van der Waals surface area contributed by atoms with Gasteiger partial charge in [0.25, 0.3) is 5.56 Å². The first-order valence-corrected chi connectivity index (χ1v) is 7.90. The molecule has 8 nitrogen and oxygen atoms in total. The van der Waals surface area contributed by atoms with Crippen LogP contribution in [0.1, 0.15) is 20.3 Å². The van der Waals surface area contributed by atoms with E-state index >= 15 is 0 Å². The molecule has 0 radical (unpaired) electrons. The van der Waals surface area contributed by atoms with Crippen LogP contribution < -0.4 is 21.1 Å². The second-order valence-corrected chi connectivity index (χ2v) is 5.96. The first-order valence-electron chi connectivity index (χ1n) is 7.90. The number of anilines is 1. The van der Waals surface area contributed by atoms with Crippen LogP contribution in [0.2, 0.25) is 0 Å². The number of morpholine rings is 1. The highest BCUT2D eigenvalue weighted by atomic mass is 16.5. The fourth-order valence-corrected chi connectivity index (χ4v) is 2.42. The summed E-state index contributed by atoms with van der Waals surface area (Å²) in [5.74, 6) is 0. The highest BCUT2D eigenvalue weighted by Gasteiger charge is 2.21. The highest BCUT2D eigenvalue weighted by molar-refractivity contribution is 5.74. The Morgan fingerprint density at radius 2 is 2.30 bits per heavy atom. The molecule has 1 aliphatic heterocycles. The van der Waals surface area contributed by atoms with Crippen LogP contribution in [0.15, 0.2) is 17.1 Å². The zero-order valence-electron chi connectivity index (χ0n) is 13.9. The number of hydrogen-bond donors (Lipinski definition) is 2. The average molecular weight is 323 g/mol. The van der Waals surface area contributed by atoms with E-state index in [2.05, 4.69) is 20.6 Å². The lowest BCUT2D eigenvalue weighted by Gasteiger charge is -2.34. The highest BCUT2D eigenvalue weighted by Crippen LogP contribution is 2.16. The maximum absolute atomic E-state index is 11.7. The predicted octanol–water partition coefficient (Wildman–Crippen LogP) is 0.0832. The first-order chi connectivity index (χ1) is 11.0. The van der Waals surface area contributed by atoms with E-state index in [1.54, 1.807) is 19.3 Å². The lowest BCUT2D eigenvalue weighted by molar-refractivity contribution is 0.0358. The summed E-state index contributed by atoms with van der Waals surface area (Å²) in [6.45, 7) is 6.39. The van der Waals surface area contributed by atoms with Crippen molar-refractivity contribution in [2.75, 3.05) is 31.1 Å². The van der Waals surface area contributed by atoms with Gasteiger partial charge in [0.15, 0.2) is 0 Å². The van der Waals surface area contributed by atoms with Crippen LogP contribution >= 0.6 is 0 Å². The lowest BCUT2D eigenvalue weighted by atomic mass is 10.2. The third-order valence-electron chi connectivity index (χ3n) is 3.63. The summed E-state index contributed by atoms with van der Waals surface area (Å²) in [4.78, 5) is 25.3. The lowest BCUT2D eigenvalue weighted by Crippen LogP contribution is -2.45. The molecule has 2 N–H and O–H groups in total. The molecule has 1 aromatic rings. The second-order valence-electron chi connectivity index (χ2n) is 5.96. The van der Waals surface area contributed by atoms with Gasteiger partial charge in [-0.3, -0.25) is 4.79 Å². The largest absolute Gasteiger partial charge is 0.374 e. The molecule has 0 unspecified atom stereocenters. The molecule has 0 spiro atoms. The Kier molecular flexibility index (Phi) is 5.97. The fraction of sp³-hybridized carbons (Fsp3) is 0.667. The summed E-state index contributed by atoms with van der Waals surface area (Å²) in [6.07, 6.45) is 2.44. The number of carbonyl (C=O) groups is 1. The van der Waals surface area contributed by atoms with Gasteiger partial charge in [-0.1, -0.05) is 0 Å². The molecule has 1 fully saturated rings. The molecule has 0 bridgehead atoms. The van der Waals surface area contributed by atoms with E-state index in [-0.39, 0.29) is 23.7 Å². The number of nitrogens with zero attached hydrogens (tertiary/aromatic N) is 3. The van der Waals surface area contributed by atoms with Crippen LogP contribution in [-0.2, 0) is 11.8 Å². The van der Waals surface area contributed by atoms with Gasteiger partial charge in [-0.25, -0.2) is 9.48 Å². The Morgan fingerprint density at radius 3 is 3.00 bits per heavy atom. The van der Waals surface area contributed by atoms with Gasteiger partial charge in [-0.15, -0.1) is 0 Å². The summed E-state index contributed by atoms with van der Waals surface area (Å²) in [6, 6.07) is 1.54. The zero-order chi connectivity index (χ0) is 16.8. The number of rotatable bonds is 5. The Balaban J connectivity index is 1.82. The van der Waals surface area contributed by atoms with Gasteiger partial charge in [-0.05, 0) is 20.3 Å². The summed E-state index contributed by atoms with van der Waals surface area (Å²) < 4.78 is 7.03. The van der Waals surface area contributed by atoms with Crippen LogP contribution in [-0.4, -0.2) is 54.2 Å². The van der Waals surface area contributed by atoms with Gasteiger partial charge in [0.1, 0.15) is 0 Å². The van der Waals surface area contributed by atoms with Crippen LogP contribution in [0.5, 0.6) is 0 Å². The molecule has 0 aromatic carbocycles. The number of ether oxygens (including phenoxy) is 1. The number of aromatic nitrogens is 2. The minimum atomic E-state index is -0.163. The normalized spacial score (nSPS) is 18.1. The van der Waals surface area contributed by atoms with E-state index in [4.69, 9.17) is 4.74 Å². The van der Waals surface area contributed by atoms with Gasteiger partial charge < -0.3 is 20.3 Å². The number of hydrogen-bond acceptors (Lipinski definition) is 5. The van der Waals surface area contributed by atoms with Crippen molar-refractivity contribution in [1.82, 2.24) is 20.4 Å². The minimum Gasteiger partial charge on any atom is -0.374 e. The Labute approximate surface area is 135 Å². The molecular formula is C15H25N5O3. The summed E-state index contributed by atoms with van der Waals surface area (Å²) in [7, 11) is 1.63. The van der Waals surface area contributed by atoms with Crippen LogP contribution in [0, 0.1) is 0 Å². The van der Waals surface area contributed by atoms with Crippen molar-refractivity contribution in [1.29, 1.82) is 0 Å². The van der Waals surface area contributed by atoms with Gasteiger partial charge >= 0.3 is 6.03 Å². The molecule has 0 aliphatic carbocycles. The van der Waals surface area contributed by atoms with Gasteiger partial charge in [0.2, 0.25) is 0 Å². The number of amides is 2. The smallest absolute Gasteiger partial charge is 0.314 e. The average Bonchev–Trinajstić information content (AvgIpc) is 2.49. The van der Waals surface area contributed by atoms with E-state index in [0.29, 0.717) is 19.7 Å². The van der Waals surface area contributed by atoms with Gasteiger partial charge in [0.05, 0.1) is 24.6 Å². The van der Waals surface area contributed by atoms with Crippen LogP contribution in [0.4, 0.5) is 10.5 Å². The Hall–Kier alpha value is -2.09. The topological polar surface area (TPSA) is 88.5 Å². The quantitative estimate of drug-likeness (QED) is 0.801. The van der Waals surface area contributed by atoms with Crippen LogP contribution in [0.3, 0.4) is 0 Å². The fourth-order valence-electron chi connectivity index (χ4n) is 2.42. The molecule has 1 saturated heterocycles. The van der Waals surface area contributed by atoms with Crippen molar-refractivity contribution < 1.29 is 9.53 Å². The van der Waals surface area contributed by atoms with E-state index in [1.807, 2.05) is 13.8 Å². The number of urea groups is 1. The van der Waals surface area contributed by atoms with Crippen molar-refractivity contribution in [3.8, 4) is 0 Å². The first kappa shape index (κ1) is 17.3. The molecule has 1 atom stereocenters. The molecule has 0 saturated carbocycles. The second kappa shape index (κ2) is 7.96. The standard InChI is InChI=1S/C15H25N5O3/c1-11(2)18-15(22)16-5-4-13-10-20(6-7-23-13)12-8-14(21)19(3)17-9-12/h8-9,11,13H,4-7,10H2,1-3H3,(H2,16,18,22)/t13-/m1/s1. The monoisotopic (exact) mass is 323 g/mol. The third kappa shape index (κ3) is 5.24. The molecule has 8 heteroatoms. The van der Waals surface area contributed by atoms with E-state index in [0.717, 1.165) is 18.7 Å². The third-order valence-corrected chi connectivity index (χ3v) is 3.63. The van der Waals surface area contributed by atoms with Crippen molar-refractivity contribution in [2.24, 2.45) is 7.05 Å². The van der Waals surface area contributed by atoms with Crippen LogP contribution in [0.25, 0.3) is 0 Å². The SMILES string of the molecule is CC(C)NC(=O)NCC[C@@H]1CN(c2cnn(C)c(=O)c2)CCO1. The summed E-state index contributed by atoms with van der Waals surface area (Å²) in [5, 5.41) is 9.65. The molecule has 2 amide bonds. The maximum atomic E-state index is 11.7. The molecular weight excluding hydrogens is 298 g/mol. The van der Waals surface area contributed by atoms with Gasteiger partial charge in [0, 0.05) is 38.8 Å². The molecule has 2 rings (SSSR count).